The molecule has 2 aromatic rings. The Morgan fingerprint density at radius 2 is 1.85 bits per heavy atom. The maximum atomic E-state index is 13.7. The Labute approximate surface area is 130 Å². The second-order valence-electron chi connectivity index (χ2n) is 4.41. The molecule has 1 unspecified atom stereocenters. The molecule has 0 aliphatic carbocycles. The molecule has 5 heteroatoms. The van der Waals surface area contributed by atoms with E-state index >= 15 is 0 Å². The van der Waals surface area contributed by atoms with E-state index in [0.29, 0.717) is 5.02 Å². The van der Waals surface area contributed by atoms with Gasteiger partial charge in [0.2, 0.25) is 0 Å². The third-order valence-corrected chi connectivity index (χ3v) is 3.98. The molecule has 2 aromatic carbocycles. The molecule has 106 valence electrons. The summed E-state index contributed by atoms with van der Waals surface area (Å²) in [6, 6.07) is 9.06. The maximum Gasteiger partial charge on any atom is 0.129 e. The highest BCUT2D eigenvalue weighted by Gasteiger charge is 2.18. The monoisotopic (exact) mass is 359 g/mol. The van der Waals surface area contributed by atoms with Gasteiger partial charge < -0.3 is 5.32 Å². The second kappa shape index (κ2) is 6.66. The van der Waals surface area contributed by atoms with Crippen LogP contribution in [0.15, 0.2) is 40.9 Å². The van der Waals surface area contributed by atoms with Crippen molar-refractivity contribution < 1.29 is 8.78 Å². The van der Waals surface area contributed by atoms with Gasteiger partial charge >= 0.3 is 0 Å². The van der Waals surface area contributed by atoms with Crippen molar-refractivity contribution in [3.8, 4) is 0 Å². The lowest BCUT2D eigenvalue weighted by Crippen LogP contribution is -2.20. The summed E-state index contributed by atoms with van der Waals surface area (Å²) >= 11 is 9.52. The Kier molecular flexibility index (Phi) is 5.13. The van der Waals surface area contributed by atoms with E-state index in [1.807, 2.05) is 12.1 Å². The first-order valence-corrected chi connectivity index (χ1v) is 7.25. The molecule has 0 heterocycles. The van der Waals surface area contributed by atoms with Gasteiger partial charge in [-0.15, -0.1) is 0 Å². The van der Waals surface area contributed by atoms with Crippen LogP contribution in [0.4, 0.5) is 8.78 Å². The lowest BCUT2D eigenvalue weighted by atomic mass is 9.98. The molecule has 0 amide bonds. The average molecular weight is 361 g/mol. The van der Waals surface area contributed by atoms with Gasteiger partial charge in [-0.25, -0.2) is 8.78 Å². The van der Waals surface area contributed by atoms with Gasteiger partial charge in [-0.1, -0.05) is 39.7 Å². The fraction of sp³-hybridized carbons (Fsp3) is 0.200. The van der Waals surface area contributed by atoms with Gasteiger partial charge in [0.15, 0.2) is 0 Å². The summed E-state index contributed by atoms with van der Waals surface area (Å²) in [5.41, 5.74) is 0.867. The third kappa shape index (κ3) is 3.37. The van der Waals surface area contributed by atoms with Crippen LogP contribution >= 0.6 is 27.5 Å². The van der Waals surface area contributed by atoms with Crippen LogP contribution in [0.5, 0.6) is 0 Å². The van der Waals surface area contributed by atoms with Crippen molar-refractivity contribution >= 4 is 27.5 Å². The smallest absolute Gasteiger partial charge is 0.129 e. The Hall–Kier alpha value is -0.970. The minimum Gasteiger partial charge on any atom is -0.313 e. The third-order valence-electron chi connectivity index (χ3n) is 3.16. The van der Waals surface area contributed by atoms with Gasteiger partial charge in [0, 0.05) is 21.1 Å². The number of likely N-dealkylation sites (N-methyl/N-ethyl adjacent to an activating group) is 1. The van der Waals surface area contributed by atoms with Crippen molar-refractivity contribution in [1.29, 1.82) is 0 Å². The number of halogens is 4. The summed E-state index contributed by atoms with van der Waals surface area (Å²) in [6.07, 6.45) is 0.191. The Morgan fingerprint density at radius 3 is 2.40 bits per heavy atom. The summed E-state index contributed by atoms with van der Waals surface area (Å²) in [5, 5.41) is 3.60. The number of nitrogens with one attached hydrogen (secondary N) is 1. The minimum atomic E-state index is -0.543. The van der Waals surface area contributed by atoms with Gasteiger partial charge in [-0.2, -0.15) is 0 Å². The molecule has 0 saturated carbocycles. The van der Waals surface area contributed by atoms with Gasteiger partial charge in [0.1, 0.15) is 11.6 Å². The lowest BCUT2D eigenvalue weighted by Gasteiger charge is -2.19. The van der Waals surface area contributed by atoms with Gasteiger partial charge in [0.25, 0.3) is 0 Å². The van der Waals surface area contributed by atoms with Crippen LogP contribution in [0.3, 0.4) is 0 Å². The molecule has 0 radical (unpaired) electrons. The Bertz CT molecular complexity index is 599. The molecule has 20 heavy (non-hydrogen) atoms. The van der Waals surface area contributed by atoms with Gasteiger partial charge in [-0.05, 0) is 43.3 Å². The van der Waals surface area contributed by atoms with Crippen LogP contribution in [-0.4, -0.2) is 7.05 Å². The van der Waals surface area contributed by atoms with Gasteiger partial charge in [0.05, 0.1) is 0 Å². The standard InChI is InChI=1S/C15H13BrClF2N/c1-20-15(10-6-5-9(16)7-12(10)17)8-11-13(18)3-2-4-14(11)19/h2-7,15,20H,8H2,1H3. The minimum absolute atomic E-state index is 0.0610. The van der Waals surface area contributed by atoms with Crippen LogP contribution in [0, 0.1) is 11.6 Å². The number of benzene rings is 2. The molecule has 0 aliphatic heterocycles. The molecule has 0 aliphatic rings. The highest BCUT2D eigenvalue weighted by atomic mass is 79.9. The van der Waals surface area contributed by atoms with Gasteiger partial charge in [-0.3, -0.25) is 0 Å². The summed E-state index contributed by atoms with van der Waals surface area (Å²) in [4.78, 5) is 0. The van der Waals surface area contributed by atoms with Crippen LogP contribution < -0.4 is 5.32 Å². The maximum absolute atomic E-state index is 13.7. The van der Waals surface area contributed by atoms with E-state index in [0.717, 1.165) is 10.0 Å². The summed E-state index contributed by atoms with van der Waals surface area (Å²) < 4.78 is 28.3. The first kappa shape index (κ1) is 15.4. The van der Waals surface area contributed by atoms with E-state index in [-0.39, 0.29) is 18.0 Å². The molecular formula is C15H13BrClF2N. The van der Waals surface area contributed by atoms with E-state index < -0.39 is 11.6 Å². The molecule has 0 aromatic heterocycles. The zero-order valence-corrected chi connectivity index (χ0v) is 13.1. The molecule has 0 spiro atoms. The molecular weight excluding hydrogens is 348 g/mol. The summed E-state index contributed by atoms with van der Waals surface area (Å²) in [5.74, 6) is -1.09. The normalized spacial score (nSPS) is 12.4. The molecule has 0 fully saturated rings. The second-order valence-corrected chi connectivity index (χ2v) is 5.73. The highest BCUT2D eigenvalue weighted by Crippen LogP contribution is 2.29. The van der Waals surface area contributed by atoms with E-state index in [4.69, 9.17) is 11.6 Å². The van der Waals surface area contributed by atoms with Crippen molar-refractivity contribution in [3.05, 3.63) is 68.7 Å². The van der Waals surface area contributed by atoms with Crippen molar-refractivity contribution in [2.45, 2.75) is 12.5 Å². The van der Waals surface area contributed by atoms with Crippen LogP contribution in [0.25, 0.3) is 0 Å². The van der Waals surface area contributed by atoms with E-state index in [2.05, 4.69) is 21.2 Å². The largest absolute Gasteiger partial charge is 0.313 e. The van der Waals surface area contributed by atoms with E-state index in [1.165, 1.54) is 18.2 Å². The topological polar surface area (TPSA) is 12.0 Å². The molecule has 1 N–H and O–H groups in total. The number of rotatable bonds is 4. The van der Waals surface area contributed by atoms with E-state index in [1.54, 1.807) is 13.1 Å². The highest BCUT2D eigenvalue weighted by molar-refractivity contribution is 9.10. The lowest BCUT2D eigenvalue weighted by molar-refractivity contribution is 0.515. The molecule has 0 bridgehead atoms. The SMILES string of the molecule is CNC(Cc1c(F)cccc1F)c1ccc(Br)cc1Cl. The predicted molar refractivity (Wildman–Crippen MR) is 81.0 cm³/mol. The molecule has 1 nitrogen and oxygen atoms in total. The summed E-state index contributed by atoms with van der Waals surface area (Å²) in [6.45, 7) is 0. The Morgan fingerprint density at radius 1 is 1.20 bits per heavy atom. The zero-order valence-electron chi connectivity index (χ0n) is 10.8. The quantitative estimate of drug-likeness (QED) is 0.819. The Balaban J connectivity index is 2.34. The van der Waals surface area contributed by atoms with Crippen LogP contribution in [0.2, 0.25) is 5.02 Å². The van der Waals surface area contributed by atoms with Crippen molar-refractivity contribution in [3.63, 3.8) is 0 Å². The van der Waals surface area contributed by atoms with Crippen molar-refractivity contribution in [2.75, 3.05) is 7.05 Å². The van der Waals surface area contributed by atoms with Crippen LogP contribution in [-0.2, 0) is 6.42 Å². The fourth-order valence-electron chi connectivity index (χ4n) is 2.08. The first-order valence-electron chi connectivity index (χ1n) is 6.08. The first-order chi connectivity index (χ1) is 9.52. The fourth-order valence-corrected chi connectivity index (χ4v) is 2.89. The predicted octanol–water partition coefficient (Wildman–Crippen LogP) is 4.88. The average Bonchev–Trinajstić information content (AvgIpc) is 2.40. The van der Waals surface area contributed by atoms with E-state index in [9.17, 15) is 8.78 Å². The summed E-state index contributed by atoms with van der Waals surface area (Å²) in [7, 11) is 1.74. The van der Waals surface area contributed by atoms with Crippen molar-refractivity contribution in [1.82, 2.24) is 5.32 Å². The van der Waals surface area contributed by atoms with Crippen molar-refractivity contribution in [2.24, 2.45) is 0 Å². The van der Waals surface area contributed by atoms with Crippen LogP contribution in [0.1, 0.15) is 17.2 Å². The molecule has 0 saturated heterocycles. The number of hydrogen-bond donors (Lipinski definition) is 1. The molecule has 1 atom stereocenters. The zero-order chi connectivity index (χ0) is 14.7. The molecule has 2 rings (SSSR count). The number of hydrogen-bond acceptors (Lipinski definition) is 1.